The number of benzene rings is 1. The lowest BCUT2D eigenvalue weighted by molar-refractivity contribution is 0.0698. The standard InChI is InChI=1S/C15H21N3O2/c1-14(2,3)9-15(4,5)18-11-8-6-7-10(13(19)20)12(11)16-17-18/h6-8H,9H2,1-5H3,(H,19,20). The lowest BCUT2D eigenvalue weighted by Gasteiger charge is -2.32. The molecule has 0 radical (unpaired) electrons. The van der Waals surface area contributed by atoms with Crippen LogP contribution in [-0.2, 0) is 5.54 Å². The summed E-state index contributed by atoms with van der Waals surface area (Å²) >= 11 is 0. The van der Waals surface area contributed by atoms with Gasteiger partial charge >= 0.3 is 5.97 Å². The first-order chi connectivity index (χ1) is 9.12. The molecular formula is C15H21N3O2. The molecule has 20 heavy (non-hydrogen) atoms. The molecule has 1 heterocycles. The largest absolute Gasteiger partial charge is 0.478 e. The summed E-state index contributed by atoms with van der Waals surface area (Å²) in [5, 5.41) is 17.5. The summed E-state index contributed by atoms with van der Waals surface area (Å²) in [5.41, 5.74) is 1.32. The number of carboxylic acids is 1. The fourth-order valence-corrected chi connectivity index (χ4v) is 2.94. The van der Waals surface area contributed by atoms with E-state index in [-0.39, 0.29) is 16.5 Å². The van der Waals surface area contributed by atoms with E-state index in [1.807, 2.05) is 10.7 Å². The van der Waals surface area contributed by atoms with Crippen molar-refractivity contribution in [3.63, 3.8) is 0 Å². The minimum Gasteiger partial charge on any atom is -0.478 e. The number of aromatic carboxylic acids is 1. The molecular weight excluding hydrogens is 254 g/mol. The molecule has 0 saturated heterocycles. The molecule has 0 bridgehead atoms. The highest BCUT2D eigenvalue weighted by Gasteiger charge is 2.30. The quantitative estimate of drug-likeness (QED) is 0.933. The van der Waals surface area contributed by atoms with Gasteiger partial charge in [0.05, 0.1) is 16.6 Å². The van der Waals surface area contributed by atoms with E-state index in [9.17, 15) is 9.90 Å². The minimum atomic E-state index is -0.976. The van der Waals surface area contributed by atoms with Gasteiger partial charge in [0.2, 0.25) is 0 Å². The SMILES string of the molecule is CC(C)(C)CC(C)(C)n1nnc2c(C(=O)O)cccc21. The average Bonchev–Trinajstić information content (AvgIpc) is 2.68. The van der Waals surface area contributed by atoms with Gasteiger partial charge in [-0.25, -0.2) is 9.48 Å². The van der Waals surface area contributed by atoms with Crippen LogP contribution in [0.15, 0.2) is 18.2 Å². The van der Waals surface area contributed by atoms with Crippen molar-refractivity contribution in [3.05, 3.63) is 23.8 Å². The van der Waals surface area contributed by atoms with Gasteiger partial charge in [0.15, 0.2) is 0 Å². The highest BCUT2D eigenvalue weighted by molar-refractivity contribution is 6.00. The monoisotopic (exact) mass is 275 g/mol. The van der Waals surface area contributed by atoms with E-state index in [4.69, 9.17) is 0 Å². The van der Waals surface area contributed by atoms with Crippen molar-refractivity contribution in [2.75, 3.05) is 0 Å². The summed E-state index contributed by atoms with van der Waals surface area (Å²) < 4.78 is 1.83. The smallest absolute Gasteiger partial charge is 0.338 e. The van der Waals surface area contributed by atoms with Crippen LogP contribution in [0.3, 0.4) is 0 Å². The maximum Gasteiger partial charge on any atom is 0.338 e. The van der Waals surface area contributed by atoms with Gasteiger partial charge in [-0.3, -0.25) is 0 Å². The first-order valence-electron chi connectivity index (χ1n) is 6.70. The predicted octanol–water partition coefficient (Wildman–Crippen LogP) is 3.30. The van der Waals surface area contributed by atoms with Crippen LogP contribution in [0.25, 0.3) is 11.0 Å². The van der Waals surface area contributed by atoms with Crippen LogP contribution in [0, 0.1) is 5.41 Å². The van der Waals surface area contributed by atoms with Crippen molar-refractivity contribution in [3.8, 4) is 0 Å². The van der Waals surface area contributed by atoms with Gasteiger partial charge in [0.25, 0.3) is 0 Å². The second kappa shape index (κ2) is 4.58. The van der Waals surface area contributed by atoms with E-state index in [1.54, 1.807) is 12.1 Å². The molecule has 2 aromatic rings. The lowest BCUT2D eigenvalue weighted by atomic mass is 9.82. The Balaban J connectivity index is 2.57. The summed E-state index contributed by atoms with van der Waals surface area (Å²) in [6.07, 6.45) is 0.912. The van der Waals surface area contributed by atoms with E-state index in [1.165, 1.54) is 0 Å². The van der Waals surface area contributed by atoms with Gasteiger partial charge in [-0.2, -0.15) is 0 Å². The average molecular weight is 275 g/mol. The Kier molecular flexibility index (Phi) is 3.32. The summed E-state index contributed by atoms with van der Waals surface area (Å²) in [5.74, 6) is -0.976. The molecule has 0 unspecified atom stereocenters. The number of hydrogen-bond donors (Lipinski definition) is 1. The van der Waals surface area contributed by atoms with Crippen molar-refractivity contribution in [1.29, 1.82) is 0 Å². The number of carbonyl (C=O) groups is 1. The number of fused-ring (bicyclic) bond motifs is 1. The Hall–Kier alpha value is -1.91. The van der Waals surface area contributed by atoms with Crippen LogP contribution >= 0.6 is 0 Å². The Morgan fingerprint density at radius 2 is 1.90 bits per heavy atom. The van der Waals surface area contributed by atoms with E-state index < -0.39 is 5.97 Å². The van der Waals surface area contributed by atoms with Crippen molar-refractivity contribution in [2.24, 2.45) is 5.41 Å². The molecule has 108 valence electrons. The fourth-order valence-electron chi connectivity index (χ4n) is 2.94. The van der Waals surface area contributed by atoms with Gasteiger partial charge in [0, 0.05) is 0 Å². The van der Waals surface area contributed by atoms with E-state index >= 15 is 0 Å². The maximum absolute atomic E-state index is 11.2. The summed E-state index contributed by atoms with van der Waals surface area (Å²) in [7, 11) is 0. The Morgan fingerprint density at radius 1 is 1.25 bits per heavy atom. The zero-order chi connectivity index (χ0) is 15.1. The van der Waals surface area contributed by atoms with Crippen LogP contribution in [-0.4, -0.2) is 26.1 Å². The molecule has 5 nitrogen and oxygen atoms in total. The molecule has 0 aliphatic heterocycles. The van der Waals surface area contributed by atoms with E-state index in [2.05, 4.69) is 44.9 Å². The Bertz CT molecular complexity index is 651. The number of carboxylic acid groups (broad SMARTS) is 1. The number of rotatable bonds is 3. The first-order valence-corrected chi connectivity index (χ1v) is 6.70. The van der Waals surface area contributed by atoms with Crippen LogP contribution in [0.4, 0.5) is 0 Å². The van der Waals surface area contributed by atoms with Gasteiger partial charge in [-0.05, 0) is 37.8 Å². The molecule has 1 N–H and O–H groups in total. The van der Waals surface area contributed by atoms with Crippen LogP contribution in [0.2, 0.25) is 0 Å². The molecule has 5 heteroatoms. The zero-order valence-corrected chi connectivity index (χ0v) is 12.6. The molecule has 0 fully saturated rings. The van der Waals surface area contributed by atoms with Crippen molar-refractivity contribution >= 4 is 17.0 Å². The highest BCUT2D eigenvalue weighted by atomic mass is 16.4. The molecule has 1 aromatic heterocycles. The van der Waals surface area contributed by atoms with Gasteiger partial charge in [-0.1, -0.05) is 32.1 Å². The molecule has 0 spiro atoms. The summed E-state index contributed by atoms with van der Waals surface area (Å²) in [4.78, 5) is 11.2. The molecule has 1 aromatic carbocycles. The molecule has 0 aliphatic rings. The van der Waals surface area contributed by atoms with Crippen molar-refractivity contribution < 1.29 is 9.90 Å². The molecule has 0 saturated carbocycles. The number of hydrogen-bond acceptors (Lipinski definition) is 3. The summed E-state index contributed by atoms with van der Waals surface area (Å²) in [6.45, 7) is 10.7. The van der Waals surface area contributed by atoms with Crippen molar-refractivity contribution in [1.82, 2.24) is 15.0 Å². The minimum absolute atomic E-state index is 0.145. The Morgan fingerprint density at radius 3 is 2.45 bits per heavy atom. The third-order valence-corrected chi connectivity index (χ3v) is 3.24. The van der Waals surface area contributed by atoms with Gasteiger partial charge < -0.3 is 5.11 Å². The fraction of sp³-hybridized carbons (Fsp3) is 0.533. The second-order valence-electron chi connectivity index (χ2n) is 7.03. The maximum atomic E-state index is 11.2. The van der Waals surface area contributed by atoms with Crippen molar-refractivity contribution in [2.45, 2.75) is 46.6 Å². The normalized spacial score (nSPS) is 12.8. The third kappa shape index (κ3) is 2.66. The predicted molar refractivity (Wildman–Crippen MR) is 77.9 cm³/mol. The van der Waals surface area contributed by atoms with Gasteiger partial charge in [-0.15, -0.1) is 5.10 Å². The zero-order valence-electron chi connectivity index (χ0n) is 12.6. The topological polar surface area (TPSA) is 68.0 Å². The first kappa shape index (κ1) is 14.5. The van der Waals surface area contributed by atoms with E-state index in [0.717, 1.165) is 11.9 Å². The number of nitrogens with zero attached hydrogens (tertiary/aromatic N) is 3. The number of aromatic nitrogens is 3. The molecule has 0 aliphatic carbocycles. The molecule has 2 rings (SSSR count). The van der Waals surface area contributed by atoms with Crippen LogP contribution in [0.5, 0.6) is 0 Å². The highest BCUT2D eigenvalue weighted by Crippen LogP contribution is 2.33. The molecule has 0 amide bonds. The van der Waals surface area contributed by atoms with Crippen LogP contribution in [0.1, 0.15) is 51.4 Å². The lowest BCUT2D eigenvalue weighted by Crippen LogP contribution is -2.32. The second-order valence-corrected chi connectivity index (χ2v) is 7.03. The van der Waals surface area contributed by atoms with Crippen LogP contribution < -0.4 is 0 Å². The van der Waals surface area contributed by atoms with Gasteiger partial charge in [0.1, 0.15) is 5.52 Å². The summed E-state index contributed by atoms with van der Waals surface area (Å²) in [6, 6.07) is 5.16. The Labute approximate surface area is 118 Å². The molecule has 0 atom stereocenters. The third-order valence-electron chi connectivity index (χ3n) is 3.24. The van der Waals surface area contributed by atoms with E-state index in [0.29, 0.717) is 5.52 Å².